The van der Waals surface area contributed by atoms with E-state index in [1.807, 2.05) is 12.1 Å². The number of hydrogen-bond donors (Lipinski definition) is 1. The number of amides is 1. The van der Waals surface area contributed by atoms with Gasteiger partial charge in [0.2, 0.25) is 0 Å². The first-order chi connectivity index (χ1) is 13.8. The van der Waals surface area contributed by atoms with Crippen LogP contribution in [0.25, 0.3) is 0 Å². The van der Waals surface area contributed by atoms with Gasteiger partial charge in [-0.1, -0.05) is 30.3 Å². The molecule has 4 nitrogen and oxygen atoms in total. The Kier molecular flexibility index (Phi) is 6.27. The number of aryl methyl sites for hydroxylation is 2. The minimum absolute atomic E-state index is 0.0626. The topological polar surface area (TPSA) is 41.6 Å². The highest BCUT2D eigenvalue weighted by molar-refractivity contribution is 5.77. The van der Waals surface area contributed by atoms with Crippen LogP contribution in [0, 0.1) is 0 Å². The molecule has 2 aromatic rings. The normalized spacial score (nSPS) is 16.6. The Balaban J connectivity index is 1.28. The van der Waals surface area contributed by atoms with E-state index in [4.69, 9.17) is 4.74 Å². The summed E-state index contributed by atoms with van der Waals surface area (Å²) in [6.45, 7) is 3.94. The number of rotatable bonds is 7. The number of fused-ring (bicyclic) bond motifs is 1. The van der Waals surface area contributed by atoms with Gasteiger partial charge in [0.15, 0.2) is 6.61 Å². The summed E-state index contributed by atoms with van der Waals surface area (Å²) >= 11 is 0. The molecule has 0 unspecified atom stereocenters. The minimum atomic E-state index is -0.0753. The highest BCUT2D eigenvalue weighted by atomic mass is 16.5. The maximum absolute atomic E-state index is 12.3. The molecule has 148 valence electrons. The van der Waals surface area contributed by atoms with Gasteiger partial charge < -0.3 is 10.1 Å². The van der Waals surface area contributed by atoms with Crippen molar-refractivity contribution in [2.24, 2.45) is 0 Å². The van der Waals surface area contributed by atoms with Crippen molar-refractivity contribution in [2.45, 2.75) is 51.6 Å². The van der Waals surface area contributed by atoms with Crippen LogP contribution in [0.15, 0.2) is 42.5 Å². The Hall–Kier alpha value is -2.33. The second-order valence-corrected chi connectivity index (χ2v) is 7.95. The van der Waals surface area contributed by atoms with Gasteiger partial charge in [0.1, 0.15) is 5.75 Å². The first kappa shape index (κ1) is 19.0. The molecule has 4 rings (SSSR count). The van der Waals surface area contributed by atoms with E-state index in [1.165, 1.54) is 61.0 Å². The Labute approximate surface area is 167 Å². The van der Waals surface area contributed by atoms with Gasteiger partial charge in [-0.15, -0.1) is 0 Å². The Morgan fingerprint density at radius 3 is 2.50 bits per heavy atom. The molecule has 1 heterocycles. The fourth-order valence-electron chi connectivity index (χ4n) is 4.26. The summed E-state index contributed by atoms with van der Waals surface area (Å²) in [6, 6.07) is 14.6. The zero-order valence-corrected chi connectivity index (χ0v) is 16.6. The zero-order valence-electron chi connectivity index (χ0n) is 16.6. The van der Waals surface area contributed by atoms with Crippen LogP contribution in [0.2, 0.25) is 0 Å². The van der Waals surface area contributed by atoms with Crippen molar-refractivity contribution in [1.82, 2.24) is 10.2 Å². The predicted octanol–water partition coefficient (Wildman–Crippen LogP) is 3.86. The molecule has 28 heavy (non-hydrogen) atoms. The van der Waals surface area contributed by atoms with Crippen LogP contribution in [-0.4, -0.2) is 30.5 Å². The number of nitrogens with one attached hydrogen (secondary N) is 1. The van der Waals surface area contributed by atoms with E-state index in [1.54, 1.807) is 0 Å². The predicted molar refractivity (Wildman–Crippen MR) is 111 cm³/mol. The average Bonchev–Trinajstić information content (AvgIpc) is 3.24. The lowest BCUT2D eigenvalue weighted by Crippen LogP contribution is -2.29. The van der Waals surface area contributed by atoms with E-state index >= 15 is 0 Å². The van der Waals surface area contributed by atoms with Gasteiger partial charge in [-0.05, 0) is 86.0 Å². The number of carbonyl (C=O) groups excluding carboxylic acids is 1. The fourth-order valence-corrected chi connectivity index (χ4v) is 4.26. The Morgan fingerprint density at radius 1 is 0.929 bits per heavy atom. The quantitative estimate of drug-likeness (QED) is 0.796. The molecule has 2 aliphatic rings. The van der Waals surface area contributed by atoms with Crippen molar-refractivity contribution in [3.05, 3.63) is 64.7 Å². The lowest BCUT2D eigenvalue weighted by molar-refractivity contribution is -0.123. The number of carbonyl (C=O) groups is 1. The molecule has 0 spiro atoms. The molecule has 0 aromatic heterocycles. The van der Waals surface area contributed by atoms with E-state index in [9.17, 15) is 4.79 Å². The molecular formula is C24H30N2O2. The van der Waals surface area contributed by atoms with Gasteiger partial charge in [0.25, 0.3) is 5.91 Å². The molecule has 1 N–H and O–H groups in total. The molecule has 0 saturated carbocycles. The van der Waals surface area contributed by atoms with Gasteiger partial charge in [-0.2, -0.15) is 0 Å². The molecule has 4 heteroatoms. The third-order valence-corrected chi connectivity index (χ3v) is 5.88. The van der Waals surface area contributed by atoms with E-state index < -0.39 is 0 Å². The summed E-state index contributed by atoms with van der Waals surface area (Å²) in [7, 11) is 0. The molecule has 0 radical (unpaired) electrons. The van der Waals surface area contributed by atoms with Gasteiger partial charge in [-0.25, -0.2) is 0 Å². The van der Waals surface area contributed by atoms with Crippen LogP contribution in [-0.2, 0) is 30.7 Å². The van der Waals surface area contributed by atoms with Crippen LogP contribution < -0.4 is 10.1 Å². The molecule has 1 amide bonds. The molecule has 1 aliphatic heterocycles. The highest BCUT2D eigenvalue weighted by Gasteiger charge is 2.14. The number of benzene rings is 2. The molecule has 1 fully saturated rings. The highest BCUT2D eigenvalue weighted by Crippen LogP contribution is 2.25. The molecular weight excluding hydrogens is 348 g/mol. The molecule has 2 aromatic carbocycles. The lowest BCUT2D eigenvalue weighted by atomic mass is 9.92. The number of ether oxygens (including phenoxy) is 1. The maximum atomic E-state index is 12.3. The van der Waals surface area contributed by atoms with Gasteiger partial charge in [0.05, 0.1) is 0 Å². The van der Waals surface area contributed by atoms with Crippen molar-refractivity contribution in [1.29, 1.82) is 0 Å². The van der Waals surface area contributed by atoms with E-state index in [0.29, 0.717) is 6.54 Å². The zero-order chi connectivity index (χ0) is 19.2. The van der Waals surface area contributed by atoms with Crippen molar-refractivity contribution in [3.8, 4) is 5.75 Å². The van der Waals surface area contributed by atoms with Crippen LogP contribution >= 0.6 is 0 Å². The largest absolute Gasteiger partial charge is 0.484 e. The summed E-state index contributed by atoms with van der Waals surface area (Å²) in [5.41, 5.74) is 5.30. The standard InChI is InChI=1S/C24H30N2O2/c27-24(18-28-23-12-11-19-7-1-2-8-20(19)15-23)25-16-21-9-3-4-10-22(21)17-26-13-5-6-14-26/h3-4,9-12,15H,1-2,5-8,13-14,16-18H2,(H,25,27). The van der Waals surface area contributed by atoms with Crippen LogP contribution in [0.5, 0.6) is 5.75 Å². The molecule has 0 atom stereocenters. The smallest absolute Gasteiger partial charge is 0.258 e. The second-order valence-electron chi connectivity index (χ2n) is 7.95. The summed E-state index contributed by atoms with van der Waals surface area (Å²) in [4.78, 5) is 14.8. The van der Waals surface area contributed by atoms with Gasteiger partial charge in [-0.3, -0.25) is 9.69 Å². The summed E-state index contributed by atoms with van der Waals surface area (Å²) in [5.74, 6) is 0.721. The number of hydrogen-bond acceptors (Lipinski definition) is 3. The van der Waals surface area contributed by atoms with E-state index in [-0.39, 0.29) is 12.5 Å². The fraction of sp³-hybridized carbons (Fsp3) is 0.458. The first-order valence-electron chi connectivity index (χ1n) is 10.6. The third kappa shape index (κ3) is 4.93. The second kappa shape index (κ2) is 9.24. The first-order valence-corrected chi connectivity index (χ1v) is 10.6. The summed E-state index contributed by atoms with van der Waals surface area (Å²) in [5, 5.41) is 3.01. The van der Waals surface area contributed by atoms with E-state index in [0.717, 1.165) is 25.1 Å². The molecule has 1 saturated heterocycles. The third-order valence-electron chi connectivity index (χ3n) is 5.88. The Bertz CT molecular complexity index is 812. The van der Waals surface area contributed by atoms with Crippen LogP contribution in [0.4, 0.5) is 0 Å². The number of likely N-dealkylation sites (tertiary alicyclic amines) is 1. The summed E-state index contributed by atoms with van der Waals surface area (Å²) in [6.07, 6.45) is 7.37. The van der Waals surface area contributed by atoms with Crippen molar-refractivity contribution in [3.63, 3.8) is 0 Å². The molecule has 1 aliphatic carbocycles. The monoisotopic (exact) mass is 378 g/mol. The minimum Gasteiger partial charge on any atom is -0.484 e. The molecule has 0 bridgehead atoms. The lowest BCUT2D eigenvalue weighted by Gasteiger charge is -2.18. The number of nitrogens with zero attached hydrogens (tertiary/aromatic N) is 1. The van der Waals surface area contributed by atoms with Gasteiger partial charge in [0, 0.05) is 13.1 Å². The van der Waals surface area contributed by atoms with Crippen molar-refractivity contribution >= 4 is 5.91 Å². The summed E-state index contributed by atoms with van der Waals surface area (Å²) < 4.78 is 5.74. The van der Waals surface area contributed by atoms with Crippen LogP contribution in [0.3, 0.4) is 0 Å². The van der Waals surface area contributed by atoms with E-state index in [2.05, 4.69) is 40.5 Å². The maximum Gasteiger partial charge on any atom is 0.258 e. The Morgan fingerprint density at radius 2 is 1.68 bits per heavy atom. The van der Waals surface area contributed by atoms with Crippen LogP contribution in [0.1, 0.15) is 47.9 Å². The van der Waals surface area contributed by atoms with Crippen molar-refractivity contribution < 1.29 is 9.53 Å². The van der Waals surface area contributed by atoms with Gasteiger partial charge >= 0.3 is 0 Å². The SMILES string of the molecule is O=C(COc1ccc2c(c1)CCCC2)NCc1ccccc1CN1CCCC1. The average molecular weight is 379 g/mol. The van der Waals surface area contributed by atoms with Crippen molar-refractivity contribution in [2.75, 3.05) is 19.7 Å².